The summed E-state index contributed by atoms with van der Waals surface area (Å²) >= 11 is 0. The molecule has 0 saturated heterocycles. The molecule has 2 fully saturated rings. The molecule has 0 unspecified atom stereocenters. The lowest BCUT2D eigenvalue weighted by Gasteiger charge is -2.50. The van der Waals surface area contributed by atoms with Crippen LogP contribution in [-0.4, -0.2) is 23.4 Å². The number of hydrogen-bond donors (Lipinski definition) is 2. The Balaban J connectivity index is 1.72. The number of rotatable bonds is 1. The maximum absolute atomic E-state index is 10.4. The molecule has 3 aliphatic rings. The second kappa shape index (κ2) is 4.89. The molecule has 0 aliphatic heterocycles. The highest BCUT2D eigenvalue weighted by atomic mass is 16.5. The molecular weight excluding hydrogens is 277 g/mol. The fourth-order valence-corrected chi connectivity index (χ4v) is 5.72. The van der Waals surface area contributed by atoms with Crippen molar-refractivity contribution in [3.05, 3.63) is 23.3 Å². The van der Waals surface area contributed by atoms with Crippen molar-refractivity contribution < 1.29 is 14.9 Å². The number of methoxy groups -OCH3 is 1. The summed E-state index contributed by atoms with van der Waals surface area (Å²) in [5, 5.41) is 20.5. The number of aromatic hydroxyl groups is 1. The van der Waals surface area contributed by atoms with Gasteiger partial charge >= 0.3 is 0 Å². The van der Waals surface area contributed by atoms with Gasteiger partial charge in [-0.2, -0.15) is 0 Å². The van der Waals surface area contributed by atoms with E-state index in [-0.39, 0.29) is 17.3 Å². The van der Waals surface area contributed by atoms with E-state index in [1.165, 1.54) is 24.0 Å². The van der Waals surface area contributed by atoms with Gasteiger partial charge in [0.15, 0.2) is 11.5 Å². The average molecular weight is 303 g/mol. The van der Waals surface area contributed by atoms with Crippen molar-refractivity contribution in [3.63, 3.8) is 0 Å². The summed E-state index contributed by atoms with van der Waals surface area (Å²) in [6.45, 7) is 2.30. The first-order valence-electron chi connectivity index (χ1n) is 8.62. The van der Waals surface area contributed by atoms with Crippen molar-refractivity contribution >= 4 is 0 Å². The van der Waals surface area contributed by atoms with Crippen LogP contribution in [-0.2, 0) is 6.42 Å². The Morgan fingerprint density at radius 3 is 2.77 bits per heavy atom. The van der Waals surface area contributed by atoms with Crippen LogP contribution in [0.4, 0.5) is 0 Å². The van der Waals surface area contributed by atoms with E-state index >= 15 is 0 Å². The van der Waals surface area contributed by atoms with Gasteiger partial charge in [-0.25, -0.2) is 0 Å². The van der Waals surface area contributed by atoms with Gasteiger partial charge in [-0.3, -0.25) is 0 Å². The van der Waals surface area contributed by atoms with Crippen molar-refractivity contribution in [3.8, 4) is 11.5 Å². The Bertz CT molecular complexity index is 597. The molecule has 22 heavy (non-hydrogen) atoms. The summed E-state index contributed by atoms with van der Waals surface area (Å²) in [5.74, 6) is 2.75. The van der Waals surface area contributed by atoms with Crippen molar-refractivity contribution in [1.82, 2.24) is 0 Å². The number of aliphatic hydroxyl groups is 1. The van der Waals surface area contributed by atoms with Crippen molar-refractivity contribution in [2.45, 2.75) is 57.5 Å². The number of aryl methyl sites for hydroxylation is 1. The van der Waals surface area contributed by atoms with Crippen molar-refractivity contribution in [2.24, 2.45) is 17.3 Å². The second-order valence-corrected chi connectivity index (χ2v) is 7.78. The fraction of sp³-hybridized carbons (Fsp3) is 0.684. The second-order valence-electron chi connectivity index (χ2n) is 7.78. The monoisotopic (exact) mass is 303 g/mol. The molecule has 3 nitrogen and oxygen atoms in total. The third-order valence-corrected chi connectivity index (χ3v) is 6.97. The van der Waals surface area contributed by atoms with Crippen LogP contribution in [0.3, 0.4) is 0 Å². The van der Waals surface area contributed by atoms with Crippen LogP contribution in [0.5, 0.6) is 11.5 Å². The highest BCUT2D eigenvalue weighted by molar-refractivity contribution is 5.49. The van der Waals surface area contributed by atoms with E-state index < -0.39 is 0 Å². The smallest absolute Gasteiger partial charge is 0.160 e. The van der Waals surface area contributed by atoms with Crippen molar-refractivity contribution in [2.75, 3.05) is 7.11 Å². The molecule has 4 rings (SSSR count). The topological polar surface area (TPSA) is 49.7 Å². The summed E-state index contributed by atoms with van der Waals surface area (Å²) in [6, 6.07) is 3.97. The number of benzene rings is 1. The Kier molecular flexibility index (Phi) is 3.19. The minimum atomic E-state index is -0.116. The number of phenolic OH excluding ortho intramolecular Hbond substituents is 1. The molecule has 3 aliphatic carbocycles. The van der Waals surface area contributed by atoms with Crippen LogP contribution in [0.1, 0.15) is 56.1 Å². The zero-order valence-corrected chi connectivity index (χ0v) is 13.5. The van der Waals surface area contributed by atoms with Crippen LogP contribution in [0.2, 0.25) is 0 Å². The zero-order valence-electron chi connectivity index (χ0n) is 13.5. The standard InChI is InChI=1S/C19H26O3/c1-19-8-7-12-13(15(19)5-6-18(19)21)4-3-11-9-16(20)17(22-2)10-14(11)12/h9-10,12-13,15,18,20-21H,3-8H2,1-2H3/t12-,13+,15-,18-,19-/m0/s1/i2+1. The molecule has 0 spiro atoms. The Labute approximate surface area is 132 Å². The highest BCUT2D eigenvalue weighted by Crippen LogP contribution is 2.61. The first-order valence-corrected chi connectivity index (χ1v) is 8.62. The molecule has 0 amide bonds. The van der Waals surface area contributed by atoms with E-state index in [1.54, 1.807) is 7.11 Å². The van der Waals surface area contributed by atoms with Crippen LogP contribution in [0, 0.1) is 17.3 Å². The SMILES string of the molecule is C[C@]12CC[C@@H]3c4cc(O[13CH3])c(O)cc4CC[C@H]3[C@@H]1CC[C@@H]2O. The maximum atomic E-state index is 10.4. The predicted octanol–water partition coefficient (Wildman–Crippen LogP) is 3.62. The lowest BCUT2D eigenvalue weighted by atomic mass is 9.55. The lowest BCUT2D eigenvalue weighted by molar-refractivity contribution is -0.0226. The molecule has 1 aromatic carbocycles. The largest absolute Gasteiger partial charge is 0.504 e. The van der Waals surface area contributed by atoms with E-state index in [4.69, 9.17) is 4.74 Å². The number of phenols is 1. The van der Waals surface area contributed by atoms with Gasteiger partial charge in [0.25, 0.3) is 0 Å². The van der Waals surface area contributed by atoms with Crippen LogP contribution in [0.15, 0.2) is 12.1 Å². The van der Waals surface area contributed by atoms with Crippen LogP contribution in [0.25, 0.3) is 0 Å². The Morgan fingerprint density at radius 1 is 1.18 bits per heavy atom. The van der Waals surface area contributed by atoms with Crippen LogP contribution >= 0.6 is 0 Å². The van der Waals surface area contributed by atoms with E-state index in [0.29, 0.717) is 23.5 Å². The van der Waals surface area contributed by atoms with Gasteiger partial charge in [0.05, 0.1) is 13.2 Å². The molecule has 0 aromatic heterocycles. The van der Waals surface area contributed by atoms with Gasteiger partial charge in [0.2, 0.25) is 0 Å². The normalized spacial score (nSPS) is 39.8. The summed E-state index contributed by atoms with van der Waals surface area (Å²) in [5.41, 5.74) is 2.80. The zero-order chi connectivity index (χ0) is 15.5. The molecule has 2 saturated carbocycles. The minimum absolute atomic E-state index is 0.116. The third-order valence-electron chi connectivity index (χ3n) is 6.97. The van der Waals surface area contributed by atoms with Gasteiger partial charge in [-0.05, 0) is 85.0 Å². The van der Waals surface area contributed by atoms with Gasteiger partial charge in [0, 0.05) is 0 Å². The van der Waals surface area contributed by atoms with Gasteiger partial charge in [-0.1, -0.05) is 6.92 Å². The summed E-state index contributed by atoms with van der Waals surface area (Å²) in [4.78, 5) is 0. The summed E-state index contributed by atoms with van der Waals surface area (Å²) in [6.07, 6.45) is 6.51. The van der Waals surface area contributed by atoms with E-state index in [2.05, 4.69) is 13.0 Å². The summed E-state index contributed by atoms with van der Waals surface area (Å²) in [7, 11) is 1.62. The Hall–Kier alpha value is -1.22. The minimum Gasteiger partial charge on any atom is -0.504 e. The fourth-order valence-electron chi connectivity index (χ4n) is 5.72. The molecule has 0 bridgehead atoms. The lowest BCUT2D eigenvalue weighted by Crippen LogP contribution is -2.43. The predicted molar refractivity (Wildman–Crippen MR) is 85.3 cm³/mol. The summed E-state index contributed by atoms with van der Waals surface area (Å²) < 4.78 is 5.32. The number of ether oxygens (including phenoxy) is 1. The molecular formula is C19H26O3. The van der Waals surface area contributed by atoms with Gasteiger partial charge in [0.1, 0.15) is 0 Å². The Morgan fingerprint density at radius 2 is 2.00 bits per heavy atom. The van der Waals surface area contributed by atoms with Gasteiger partial charge in [-0.15, -0.1) is 0 Å². The quantitative estimate of drug-likeness (QED) is 0.779. The number of hydrogen-bond acceptors (Lipinski definition) is 3. The van der Waals surface area contributed by atoms with Crippen molar-refractivity contribution in [1.29, 1.82) is 0 Å². The average Bonchev–Trinajstić information content (AvgIpc) is 2.82. The molecule has 1 aromatic rings. The van der Waals surface area contributed by atoms with Gasteiger partial charge < -0.3 is 14.9 Å². The van der Waals surface area contributed by atoms with E-state index in [1.807, 2.05) is 6.07 Å². The van der Waals surface area contributed by atoms with E-state index in [0.717, 1.165) is 25.7 Å². The molecule has 5 atom stereocenters. The maximum Gasteiger partial charge on any atom is 0.160 e. The third kappa shape index (κ3) is 1.84. The van der Waals surface area contributed by atoms with E-state index in [9.17, 15) is 10.2 Å². The molecule has 0 radical (unpaired) electrons. The highest BCUT2D eigenvalue weighted by Gasteiger charge is 2.54. The first kappa shape index (κ1) is 14.4. The number of fused-ring (bicyclic) bond motifs is 5. The number of aliphatic hydroxyl groups excluding tert-OH is 1. The molecule has 0 heterocycles. The molecule has 3 heteroatoms. The van der Waals surface area contributed by atoms with Crippen LogP contribution < -0.4 is 4.74 Å². The molecule has 2 N–H and O–H groups in total. The molecule has 120 valence electrons. The first-order chi connectivity index (χ1) is 10.5.